The minimum Gasteiger partial charge on any atom is -0.494 e. The van der Waals surface area contributed by atoms with Crippen LogP contribution in [0.3, 0.4) is 0 Å². The van der Waals surface area contributed by atoms with Crippen LogP contribution in [-0.4, -0.2) is 6.61 Å². The molecule has 0 spiro atoms. The Bertz CT molecular complexity index is 568. The second kappa shape index (κ2) is 10.3. The Labute approximate surface area is 144 Å². The van der Waals surface area contributed by atoms with Gasteiger partial charge >= 0.3 is 0 Å². The van der Waals surface area contributed by atoms with Crippen molar-refractivity contribution in [2.75, 3.05) is 6.61 Å². The molecule has 0 heterocycles. The maximum atomic E-state index is 6.15. The summed E-state index contributed by atoms with van der Waals surface area (Å²) in [5.41, 5.74) is 2.37. The molecule has 0 amide bonds. The van der Waals surface area contributed by atoms with Gasteiger partial charge in [-0.3, -0.25) is 0 Å². The van der Waals surface area contributed by atoms with Crippen LogP contribution in [0.5, 0.6) is 5.75 Å². The Hall–Kier alpha value is -1.51. The molecule has 2 rings (SSSR count). The predicted molar refractivity (Wildman–Crippen MR) is 98.1 cm³/mol. The van der Waals surface area contributed by atoms with E-state index >= 15 is 0 Å². The fourth-order valence-electron chi connectivity index (χ4n) is 2.41. The lowest BCUT2D eigenvalue weighted by Crippen LogP contribution is -2.12. The highest BCUT2D eigenvalue weighted by Crippen LogP contribution is 2.15. The molecule has 0 radical (unpaired) electrons. The zero-order chi connectivity index (χ0) is 16.3. The van der Waals surface area contributed by atoms with Gasteiger partial charge in [0.25, 0.3) is 0 Å². The van der Waals surface area contributed by atoms with Gasteiger partial charge in [0.2, 0.25) is 0 Å². The first-order valence-corrected chi connectivity index (χ1v) is 8.83. The smallest absolute Gasteiger partial charge is 0.119 e. The Kier molecular flexibility index (Phi) is 7.99. The molecule has 3 heteroatoms. The zero-order valence-electron chi connectivity index (χ0n) is 13.9. The van der Waals surface area contributed by atoms with E-state index in [2.05, 4.69) is 24.4 Å². The maximum Gasteiger partial charge on any atom is 0.119 e. The van der Waals surface area contributed by atoms with Gasteiger partial charge < -0.3 is 10.1 Å². The Balaban J connectivity index is 1.69. The Morgan fingerprint density at radius 3 is 2.43 bits per heavy atom. The standard InChI is InChI=1S/C20H26ClNO/c1-2-3-4-7-14-23-19-12-10-17(11-13-19)15-22-16-18-8-5-6-9-20(18)21/h5-6,8-13,22H,2-4,7,14-16H2,1H3. The van der Waals surface area contributed by atoms with E-state index in [0.717, 1.165) is 42.5 Å². The SMILES string of the molecule is CCCCCCOc1ccc(CNCc2ccccc2Cl)cc1. The van der Waals surface area contributed by atoms with Crippen LogP contribution in [0.25, 0.3) is 0 Å². The monoisotopic (exact) mass is 331 g/mol. The van der Waals surface area contributed by atoms with Crippen molar-refractivity contribution in [3.8, 4) is 5.75 Å². The number of nitrogens with one attached hydrogen (secondary N) is 1. The van der Waals surface area contributed by atoms with Crippen molar-refractivity contribution in [3.05, 3.63) is 64.7 Å². The van der Waals surface area contributed by atoms with Crippen LogP contribution in [0.2, 0.25) is 5.02 Å². The molecule has 0 aromatic heterocycles. The van der Waals surface area contributed by atoms with Crippen molar-refractivity contribution in [3.63, 3.8) is 0 Å². The lowest BCUT2D eigenvalue weighted by molar-refractivity contribution is 0.305. The second-order valence-corrected chi connectivity index (χ2v) is 6.16. The maximum absolute atomic E-state index is 6.15. The van der Waals surface area contributed by atoms with Gasteiger partial charge in [-0.2, -0.15) is 0 Å². The van der Waals surface area contributed by atoms with Crippen molar-refractivity contribution in [1.29, 1.82) is 0 Å². The highest BCUT2D eigenvalue weighted by molar-refractivity contribution is 6.31. The zero-order valence-corrected chi connectivity index (χ0v) is 14.6. The molecule has 0 saturated carbocycles. The summed E-state index contributed by atoms with van der Waals surface area (Å²) in [6.45, 7) is 4.63. The molecule has 2 aromatic carbocycles. The molecular weight excluding hydrogens is 306 g/mol. The minimum absolute atomic E-state index is 0.773. The number of hydrogen-bond donors (Lipinski definition) is 1. The average molecular weight is 332 g/mol. The molecule has 0 fully saturated rings. The molecule has 2 nitrogen and oxygen atoms in total. The van der Waals surface area contributed by atoms with Crippen molar-refractivity contribution >= 4 is 11.6 Å². The van der Waals surface area contributed by atoms with E-state index in [-0.39, 0.29) is 0 Å². The van der Waals surface area contributed by atoms with Gasteiger partial charge in [-0.15, -0.1) is 0 Å². The molecule has 0 aliphatic heterocycles. The number of benzene rings is 2. The number of unbranched alkanes of at least 4 members (excludes halogenated alkanes) is 3. The summed E-state index contributed by atoms with van der Waals surface area (Å²) in [5.74, 6) is 0.955. The van der Waals surface area contributed by atoms with Crippen LogP contribution in [0, 0.1) is 0 Å². The van der Waals surface area contributed by atoms with Gasteiger partial charge in [0.1, 0.15) is 5.75 Å². The molecule has 0 saturated heterocycles. The summed E-state index contributed by atoms with van der Waals surface area (Å²) in [6.07, 6.45) is 4.94. The fourth-order valence-corrected chi connectivity index (χ4v) is 2.61. The van der Waals surface area contributed by atoms with Crippen molar-refractivity contribution in [1.82, 2.24) is 5.32 Å². The Morgan fingerprint density at radius 2 is 1.70 bits per heavy atom. The minimum atomic E-state index is 0.773. The van der Waals surface area contributed by atoms with Crippen LogP contribution in [0.15, 0.2) is 48.5 Å². The average Bonchev–Trinajstić information content (AvgIpc) is 2.58. The van der Waals surface area contributed by atoms with Crippen LogP contribution in [0.1, 0.15) is 43.7 Å². The molecule has 0 bridgehead atoms. The topological polar surface area (TPSA) is 21.3 Å². The molecule has 0 aliphatic carbocycles. The van der Waals surface area contributed by atoms with Crippen LogP contribution < -0.4 is 10.1 Å². The summed E-state index contributed by atoms with van der Waals surface area (Å²) in [6, 6.07) is 16.2. The molecule has 2 aromatic rings. The second-order valence-electron chi connectivity index (χ2n) is 5.75. The highest BCUT2D eigenvalue weighted by Gasteiger charge is 1.99. The van der Waals surface area contributed by atoms with E-state index in [4.69, 9.17) is 16.3 Å². The lowest BCUT2D eigenvalue weighted by atomic mass is 10.2. The van der Waals surface area contributed by atoms with Gasteiger partial charge in [0.15, 0.2) is 0 Å². The quantitative estimate of drug-likeness (QED) is 0.573. The van der Waals surface area contributed by atoms with Gasteiger partial charge in [0.05, 0.1) is 6.61 Å². The number of hydrogen-bond acceptors (Lipinski definition) is 2. The highest BCUT2D eigenvalue weighted by atomic mass is 35.5. The normalized spacial score (nSPS) is 10.7. The van der Waals surface area contributed by atoms with Crippen molar-refractivity contribution in [2.24, 2.45) is 0 Å². The van der Waals surface area contributed by atoms with E-state index in [0.29, 0.717) is 0 Å². The number of halogens is 1. The van der Waals surface area contributed by atoms with Gasteiger partial charge in [0, 0.05) is 18.1 Å². The van der Waals surface area contributed by atoms with Gasteiger partial charge in [-0.05, 0) is 35.7 Å². The fraction of sp³-hybridized carbons (Fsp3) is 0.400. The largest absolute Gasteiger partial charge is 0.494 e. The van der Waals surface area contributed by atoms with Crippen molar-refractivity contribution < 1.29 is 4.74 Å². The van der Waals surface area contributed by atoms with E-state index in [1.165, 1.54) is 24.8 Å². The van der Waals surface area contributed by atoms with E-state index in [1.54, 1.807) is 0 Å². The number of rotatable bonds is 10. The van der Waals surface area contributed by atoms with Crippen LogP contribution in [-0.2, 0) is 13.1 Å². The molecular formula is C20H26ClNO. The van der Waals surface area contributed by atoms with Gasteiger partial charge in [-0.1, -0.05) is 68.1 Å². The van der Waals surface area contributed by atoms with Crippen molar-refractivity contribution in [2.45, 2.75) is 45.7 Å². The molecule has 0 atom stereocenters. The first-order valence-electron chi connectivity index (χ1n) is 8.45. The van der Waals surface area contributed by atoms with E-state index in [1.807, 2.05) is 36.4 Å². The third-order valence-electron chi connectivity index (χ3n) is 3.79. The third-order valence-corrected chi connectivity index (χ3v) is 4.16. The first-order chi connectivity index (χ1) is 11.3. The molecule has 124 valence electrons. The summed E-state index contributed by atoms with van der Waals surface area (Å²) in [5, 5.41) is 4.23. The summed E-state index contributed by atoms with van der Waals surface area (Å²) in [4.78, 5) is 0. The predicted octanol–water partition coefficient (Wildman–Crippen LogP) is 5.59. The first kappa shape index (κ1) is 17.8. The molecule has 1 N–H and O–H groups in total. The van der Waals surface area contributed by atoms with Gasteiger partial charge in [-0.25, -0.2) is 0 Å². The number of ether oxygens (including phenoxy) is 1. The third kappa shape index (κ3) is 6.64. The Morgan fingerprint density at radius 1 is 0.913 bits per heavy atom. The molecule has 23 heavy (non-hydrogen) atoms. The van der Waals surface area contributed by atoms with Crippen LogP contribution >= 0.6 is 11.6 Å². The van der Waals surface area contributed by atoms with Crippen LogP contribution in [0.4, 0.5) is 0 Å². The molecule has 0 aliphatic rings. The summed E-state index contributed by atoms with van der Waals surface area (Å²) < 4.78 is 5.76. The van der Waals surface area contributed by atoms with E-state index < -0.39 is 0 Å². The summed E-state index contributed by atoms with van der Waals surface area (Å²) >= 11 is 6.15. The summed E-state index contributed by atoms with van der Waals surface area (Å²) in [7, 11) is 0. The molecule has 0 unspecified atom stereocenters. The lowest BCUT2D eigenvalue weighted by Gasteiger charge is -2.09. The van der Waals surface area contributed by atoms with E-state index in [9.17, 15) is 0 Å².